The highest BCUT2D eigenvalue weighted by molar-refractivity contribution is 5.84. The van der Waals surface area contributed by atoms with Gasteiger partial charge in [0.2, 0.25) is 0 Å². The summed E-state index contributed by atoms with van der Waals surface area (Å²) in [5, 5.41) is 12.9. The summed E-state index contributed by atoms with van der Waals surface area (Å²) in [4.78, 5) is 26.1. The van der Waals surface area contributed by atoms with Gasteiger partial charge in [0, 0.05) is 24.0 Å². The van der Waals surface area contributed by atoms with Crippen LogP contribution in [0.5, 0.6) is 17.2 Å². The minimum atomic E-state index is -2.20. The number of aliphatic carboxylic acids is 1. The van der Waals surface area contributed by atoms with Crippen molar-refractivity contribution >= 4 is 12.1 Å². The lowest BCUT2D eigenvalue weighted by Crippen LogP contribution is -2.60. The molecule has 1 aliphatic carbocycles. The van der Waals surface area contributed by atoms with E-state index >= 15 is 0 Å². The van der Waals surface area contributed by atoms with Crippen LogP contribution in [0.3, 0.4) is 0 Å². The Morgan fingerprint density at radius 3 is 2.02 bits per heavy atom. The van der Waals surface area contributed by atoms with Crippen molar-refractivity contribution in [3.63, 3.8) is 0 Å². The van der Waals surface area contributed by atoms with Gasteiger partial charge in [-0.1, -0.05) is 72.8 Å². The standard InChI is InChI=1S/C32H29NO7/c1-37-23-17-16-21(29(18-23)38-2)19-32(30(34)35,40-22-10-4-3-5-11-22)33-31(36)39-20-28-26-14-8-6-12-24(26)25-13-7-9-15-27(25)28/h3-18,28H,19-20H2,1-2H3,(H,33,36)(H,34,35). The topological polar surface area (TPSA) is 103 Å². The van der Waals surface area contributed by atoms with E-state index in [1.807, 2.05) is 48.5 Å². The third kappa shape index (κ3) is 5.29. The number of hydrogen-bond donors (Lipinski definition) is 2. The van der Waals surface area contributed by atoms with Crippen molar-refractivity contribution < 1.29 is 33.6 Å². The predicted molar refractivity (Wildman–Crippen MR) is 149 cm³/mol. The number of carboxylic acid groups (broad SMARTS) is 1. The van der Waals surface area contributed by atoms with Crippen molar-refractivity contribution in [2.75, 3.05) is 20.8 Å². The molecule has 4 aromatic rings. The van der Waals surface area contributed by atoms with Gasteiger partial charge in [-0.25, -0.2) is 9.59 Å². The summed E-state index contributed by atoms with van der Waals surface area (Å²) >= 11 is 0. The molecule has 0 aromatic heterocycles. The molecule has 1 aliphatic rings. The zero-order valence-corrected chi connectivity index (χ0v) is 22.1. The van der Waals surface area contributed by atoms with E-state index in [0.717, 1.165) is 22.3 Å². The quantitative estimate of drug-likeness (QED) is 0.251. The number of carbonyl (C=O) groups is 2. The number of nitrogens with one attached hydrogen (secondary N) is 1. The number of amides is 1. The molecule has 8 heteroatoms. The third-order valence-electron chi connectivity index (χ3n) is 6.96. The highest BCUT2D eigenvalue weighted by Gasteiger charge is 2.45. The van der Waals surface area contributed by atoms with E-state index in [2.05, 4.69) is 5.32 Å². The maximum Gasteiger partial charge on any atom is 0.410 e. The van der Waals surface area contributed by atoms with Crippen LogP contribution in [-0.2, 0) is 16.0 Å². The van der Waals surface area contributed by atoms with E-state index in [1.165, 1.54) is 14.2 Å². The van der Waals surface area contributed by atoms with Gasteiger partial charge in [0.1, 0.15) is 23.9 Å². The highest BCUT2D eigenvalue weighted by Crippen LogP contribution is 2.44. The molecule has 1 unspecified atom stereocenters. The number of methoxy groups -OCH3 is 2. The van der Waals surface area contributed by atoms with Crippen molar-refractivity contribution in [2.45, 2.75) is 18.1 Å². The number of ether oxygens (including phenoxy) is 4. The van der Waals surface area contributed by atoms with E-state index in [4.69, 9.17) is 18.9 Å². The van der Waals surface area contributed by atoms with E-state index in [-0.39, 0.29) is 24.7 Å². The normalized spacial score (nSPS) is 13.3. The number of fused-ring (bicyclic) bond motifs is 3. The first kappa shape index (κ1) is 26.6. The number of benzene rings is 4. The molecule has 0 saturated heterocycles. The SMILES string of the molecule is COc1ccc(CC(NC(=O)OCC2c3ccccc3-c3ccccc32)(Oc2ccccc2)C(=O)O)c(OC)c1. The van der Waals surface area contributed by atoms with Crippen LogP contribution < -0.4 is 19.5 Å². The fourth-order valence-corrected chi connectivity index (χ4v) is 5.03. The van der Waals surface area contributed by atoms with Crippen LogP contribution >= 0.6 is 0 Å². The second-order valence-corrected chi connectivity index (χ2v) is 9.35. The molecule has 2 N–H and O–H groups in total. The molecule has 1 amide bonds. The van der Waals surface area contributed by atoms with Gasteiger partial charge >= 0.3 is 12.1 Å². The van der Waals surface area contributed by atoms with Gasteiger partial charge < -0.3 is 24.1 Å². The summed E-state index contributed by atoms with van der Waals surface area (Å²) in [6.45, 7) is 0.0206. The Morgan fingerprint density at radius 1 is 0.800 bits per heavy atom. The molecule has 1 atom stereocenters. The van der Waals surface area contributed by atoms with E-state index in [0.29, 0.717) is 17.1 Å². The molecule has 0 radical (unpaired) electrons. The lowest BCUT2D eigenvalue weighted by Gasteiger charge is -2.31. The smallest absolute Gasteiger partial charge is 0.410 e. The molecule has 5 rings (SSSR count). The zero-order chi connectivity index (χ0) is 28.1. The average molecular weight is 540 g/mol. The predicted octanol–water partition coefficient (Wildman–Crippen LogP) is 5.64. The van der Waals surface area contributed by atoms with Crippen LogP contribution in [0.15, 0.2) is 97.1 Å². The number of carbonyl (C=O) groups excluding carboxylic acids is 1. The zero-order valence-electron chi connectivity index (χ0n) is 22.1. The first-order valence-corrected chi connectivity index (χ1v) is 12.8. The Bertz CT molecular complexity index is 1480. The molecule has 0 heterocycles. The van der Waals surface area contributed by atoms with Crippen LogP contribution in [0.25, 0.3) is 11.1 Å². The monoisotopic (exact) mass is 539 g/mol. The lowest BCUT2D eigenvalue weighted by molar-refractivity contribution is -0.158. The molecule has 0 aliphatic heterocycles. The van der Waals surface area contributed by atoms with Crippen molar-refractivity contribution in [3.05, 3.63) is 114 Å². The Morgan fingerprint density at radius 2 is 1.43 bits per heavy atom. The summed E-state index contributed by atoms with van der Waals surface area (Å²) in [6, 6.07) is 29.4. The molecule has 0 bridgehead atoms. The second kappa shape index (κ2) is 11.4. The van der Waals surface area contributed by atoms with Crippen LogP contribution in [0, 0.1) is 0 Å². The van der Waals surface area contributed by atoms with Crippen molar-refractivity contribution in [3.8, 4) is 28.4 Å². The maximum atomic E-state index is 13.3. The Hall–Kier alpha value is -4.98. The summed E-state index contributed by atoms with van der Waals surface area (Å²) in [5.74, 6) is -0.404. The van der Waals surface area contributed by atoms with Crippen LogP contribution in [0.1, 0.15) is 22.6 Å². The average Bonchev–Trinajstić information content (AvgIpc) is 3.30. The highest BCUT2D eigenvalue weighted by atomic mass is 16.6. The van der Waals surface area contributed by atoms with Crippen LogP contribution in [0.4, 0.5) is 4.79 Å². The third-order valence-corrected chi connectivity index (χ3v) is 6.96. The molecule has 40 heavy (non-hydrogen) atoms. The fraction of sp³-hybridized carbons (Fsp3) is 0.188. The van der Waals surface area contributed by atoms with Crippen LogP contribution in [-0.4, -0.2) is 43.7 Å². The number of rotatable bonds is 10. The van der Waals surface area contributed by atoms with Gasteiger partial charge in [-0.2, -0.15) is 0 Å². The summed E-state index contributed by atoms with van der Waals surface area (Å²) in [7, 11) is 2.99. The van der Waals surface area contributed by atoms with E-state index in [9.17, 15) is 14.7 Å². The van der Waals surface area contributed by atoms with Crippen molar-refractivity contribution in [1.82, 2.24) is 5.32 Å². The molecule has 204 valence electrons. The number of para-hydroxylation sites is 1. The summed E-state index contributed by atoms with van der Waals surface area (Å²) in [5.41, 5.74) is 2.55. The Balaban J connectivity index is 1.42. The lowest BCUT2D eigenvalue weighted by atomic mass is 9.98. The number of alkyl carbamates (subject to hydrolysis) is 1. The first-order valence-electron chi connectivity index (χ1n) is 12.8. The second-order valence-electron chi connectivity index (χ2n) is 9.35. The Kier molecular flexibility index (Phi) is 7.59. The molecule has 8 nitrogen and oxygen atoms in total. The van der Waals surface area contributed by atoms with Gasteiger partial charge in [-0.05, 0) is 40.5 Å². The van der Waals surface area contributed by atoms with Crippen LogP contribution in [0.2, 0.25) is 0 Å². The van der Waals surface area contributed by atoms with Crippen molar-refractivity contribution in [2.24, 2.45) is 0 Å². The summed E-state index contributed by atoms with van der Waals surface area (Å²) in [6.07, 6.45) is -1.18. The van der Waals surface area contributed by atoms with Gasteiger partial charge in [0.25, 0.3) is 5.72 Å². The summed E-state index contributed by atoms with van der Waals surface area (Å²) < 4.78 is 22.4. The van der Waals surface area contributed by atoms with Gasteiger partial charge in [-0.3, -0.25) is 5.32 Å². The number of carboxylic acids is 1. The maximum absolute atomic E-state index is 13.3. The van der Waals surface area contributed by atoms with Gasteiger partial charge in [0.05, 0.1) is 14.2 Å². The van der Waals surface area contributed by atoms with Gasteiger partial charge in [0.15, 0.2) is 0 Å². The molecular weight excluding hydrogens is 510 g/mol. The molecule has 0 spiro atoms. The molecular formula is C32H29NO7. The largest absolute Gasteiger partial charge is 0.497 e. The van der Waals surface area contributed by atoms with Gasteiger partial charge in [-0.15, -0.1) is 0 Å². The minimum absolute atomic E-state index is 0.0206. The Labute approximate surface area is 232 Å². The first-order chi connectivity index (χ1) is 19.4. The fourth-order valence-electron chi connectivity index (χ4n) is 5.03. The minimum Gasteiger partial charge on any atom is -0.497 e. The van der Waals surface area contributed by atoms with E-state index < -0.39 is 17.8 Å². The van der Waals surface area contributed by atoms with Crippen molar-refractivity contribution in [1.29, 1.82) is 0 Å². The van der Waals surface area contributed by atoms with E-state index in [1.54, 1.807) is 48.5 Å². The number of hydrogen-bond acceptors (Lipinski definition) is 6. The molecule has 0 fully saturated rings. The molecule has 0 saturated carbocycles. The molecule has 4 aromatic carbocycles.